The molecule has 3 aromatic rings. The van der Waals surface area contributed by atoms with Crippen molar-refractivity contribution in [3.63, 3.8) is 0 Å². The number of hydrogen-bond acceptors (Lipinski definition) is 3. The molecule has 5 nitrogen and oxygen atoms in total. The highest BCUT2D eigenvalue weighted by atomic mass is 15.2. The molecule has 2 aromatic heterocycles. The van der Waals surface area contributed by atoms with Crippen LogP contribution in [0.1, 0.15) is 0 Å². The van der Waals surface area contributed by atoms with Crippen molar-refractivity contribution >= 4 is 0 Å². The van der Waals surface area contributed by atoms with E-state index in [0.29, 0.717) is 0 Å². The van der Waals surface area contributed by atoms with E-state index in [1.54, 1.807) is 18.9 Å². The first-order valence-electron chi connectivity index (χ1n) is 4.88. The number of nitrogens with zero attached hydrogens (tertiary/aromatic N) is 4. The third kappa shape index (κ3) is 1.48. The Balaban J connectivity index is 2.07. The van der Waals surface area contributed by atoms with Crippen LogP contribution in [0.3, 0.4) is 0 Å². The summed E-state index contributed by atoms with van der Waals surface area (Å²) >= 11 is 0. The molecule has 0 atom stereocenters. The van der Waals surface area contributed by atoms with Gasteiger partial charge in [0.2, 0.25) is 0 Å². The Morgan fingerprint density at radius 1 is 1.06 bits per heavy atom. The van der Waals surface area contributed by atoms with Crippen LogP contribution in [0.5, 0.6) is 0 Å². The molecule has 16 heavy (non-hydrogen) atoms. The van der Waals surface area contributed by atoms with Gasteiger partial charge in [0.05, 0.1) is 5.69 Å². The number of hydrogen-bond donors (Lipinski definition) is 1. The fourth-order valence-electron chi connectivity index (χ4n) is 1.58. The van der Waals surface area contributed by atoms with Gasteiger partial charge in [0.25, 0.3) is 0 Å². The molecule has 1 aromatic carbocycles. The average Bonchev–Trinajstić information content (AvgIpc) is 3.03. The predicted molar refractivity (Wildman–Crippen MR) is 58.9 cm³/mol. The first kappa shape index (κ1) is 8.84. The van der Waals surface area contributed by atoms with E-state index in [1.165, 1.54) is 0 Å². The van der Waals surface area contributed by atoms with E-state index in [9.17, 15) is 0 Å². The molecule has 2 heterocycles. The smallest absolute Gasteiger partial charge is 0.123 e. The molecule has 0 aliphatic carbocycles. The molecule has 78 valence electrons. The first-order valence-corrected chi connectivity index (χ1v) is 4.88. The van der Waals surface area contributed by atoms with Crippen molar-refractivity contribution < 1.29 is 0 Å². The number of rotatable bonds is 2. The number of H-pyrrole nitrogens is 1. The number of nitrogens with one attached hydrogen (secondary N) is 1. The van der Waals surface area contributed by atoms with Crippen LogP contribution in [-0.2, 0) is 0 Å². The molecular formula is C11H9N5. The summed E-state index contributed by atoms with van der Waals surface area (Å²) in [6, 6.07) is 10.0. The van der Waals surface area contributed by atoms with Gasteiger partial charge in [0.15, 0.2) is 0 Å². The molecule has 0 amide bonds. The second-order valence-corrected chi connectivity index (χ2v) is 3.39. The molecule has 0 aliphatic heterocycles. The number of aromatic amines is 1. The van der Waals surface area contributed by atoms with Crippen molar-refractivity contribution in [2.24, 2.45) is 0 Å². The monoisotopic (exact) mass is 211 g/mol. The minimum atomic E-state index is 0.995. The maximum absolute atomic E-state index is 3.93. The second kappa shape index (κ2) is 3.62. The van der Waals surface area contributed by atoms with E-state index in [-0.39, 0.29) is 0 Å². The summed E-state index contributed by atoms with van der Waals surface area (Å²) in [6.45, 7) is 0. The molecule has 0 bridgehead atoms. The molecule has 0 saturated heterocycles. The van der Waals surface area contributed by atoms with Crippen LogP contribution in [0.15, 0.2) is 49.2 Å². The van der Waals surface area contributed by atoms with Crippen LogP contribution < -0.4 is 0 Å². The summed E-state index contributed by atoms with van der Waals surface area (Å²) in [6.07, 6.45) is 5.08. The third-order valence-electron chi connectivity index (χ3n) is 2.37. The molecule has 5 heteroatoms. The first-order chi connectivity index (χ1) is 7.93. The van der Waals surface area contributed by atoms with Crippen LogP contribution in [0.25, 0.3) is 16.9 Å². The third-order valence-corrected chi connectivity index (χ3v) is 2.37. The van der Waals surface area contributed by atoms with Gasteiger partial charge in [-0.15, -0.1) is 10.2 Å². The highest BCUT2D eigenvalue weighted by Crippen LogP contribution is 2.19. The van der Waals surface area contributed by atoms with Crippen LogP contribution >= 0.6 is 0 Å². The largest absolute Gasteiger partial charge is 0.288 e. The van der Waals surface area contributed by atoms with Gasteiger partial charge in [-0.2, -0.15) is 5.10 Å². The van der Waals surface area contributed by atoms with E-state index >= 15 is 0 Å². The van der Waals surface area contributed by atoms with E-state index in [2.05, 4.69) is 26.5 Å². The molecule has 0 aliphatic rings. The van der Waals surface area contributed by atoms with Crippen molar-refractivity contribution in [1.82, 2.24) is 25.0 Å². The zero-order chi connectivity index (χ0) is 10.8. The topological polar surface area (TPSA) is 59.4 Å². The van der Waals surface area contributed by atoms with Crippen molar-refractivity contribution in [2.45, 2.75) is 0 Å². The van der Waals surface area contributed by atoms with Crippen molar-refractivity contribution in [1.29, 1.82) is 0 Å². The van der Waals surface area contributed by atoms with Crippen LogP contribution in [0.2, 0.25) is 0 Å². The van der Waals surface area contributed by atoms with Crippen molar-refractivity contribution in [3.8, 4) is 16.9 Å². The quantitative estimate of drug-likeness (QED) is 0.701. The van der Waals surface area contributed by atoms with Crippen molar-refractivity contribution in [2.75, 3.05) is 0 Å². The van der Waals surface area contributed by atoms with Gasteiger partial charge in [-0.05, 0) is 18.2 Å². The minimum absolute atomic E-state index is 0.995. The predicted octanol–water partition coefficient (Wildman–Crippen LogP) is 1.66. The Kier molecular flexibility index (Phi) is 2.00. The molecule has 3 rings (SSSR count). The van der Waals surface area contributed by atoms with E-state index < -0.39 is 0 Å². The van der Waals surface area contributed by atoms with Gasteiger partial charge in [0.1, 0.15) is 12.7 Å². The van der Waals surface area contributed by atoms with Gasteiger partial charge in [0, 0.05) is 17.4 Å². The molecule has 0 saturated carbocycles. The second-order valence-electron chi connectivity index (χ2n) is 3.39. The fraction of sp³-hybridized carbons (Fsp3) is 0. The van der Waals surface area contributed by atoms with E-state index in [4.69, 9.17) is 0 Å². The highest BCUT2D eigenvalue weighted by molar-refractivity contribution is 5.61. The zero-order valence-corrected chi connectivity index (χ0v) is 8.41. The normalized spacial score (nSPS) is 10.5. The minimum Gasteiger partial charge on any atom is -0.288 e. The molecule has 0 radical (unpaired) electrons. The lowest BCUT2D eigenvalue weighted by Crippen LogP contribution is -1.90. The summed E-state index contributed by atoms with van der Waals surface area (Å²) in [5, 5.41) is 14.4. The van der Waals surface area contributed by atoms with Gasteiger partial charge in [-0.25, -0.2) is 0 Å². The lowest BCUT2D eigenvalue weighted by atomic mass is 10.1. The Morgan fingerprint density at radius 2 is 1.94 bits per heavy atom. The van der Waals surface area contributed by atoms with Gasteiger partial charge < -0.3 is 0 Å². The summed E-state index contributed by atoms with van der Waals surface area (Å²) < 4.78 is 1.86. The van der Waals surface area contributed by atoms with Crippen LogP contribution in [0, 0.1) is 0 Å². The standard InChI is InChI=1S/C11H9N5/c1-2-9(11-4-5-12-15-11)6-10(3-1)16-7-13-14-8-16/h1-8H,(H,12,15). The number of benzene rings is 1. The maximum Gasteiger partial charge on any atom is 0.123 e. The van der Waals surface area contributed by atoms with Crippen molar-refractivity contribution in [3.05, 3.63) is 49.2 Å². The Labute approximate surface area is 91.8 Å². The van der Waals surface area contributed by atoms with Gasteiger partial charge >= 0.3 is 0 Å². The summed E-state index contributed by atoms with van der Waals surface area (Å²) in [7, 11) is 0. The summed E-state index contributed by atoms with van der Waals surface area (Å²) in [5.41, 5.74) is 3.11. The molecule has 1 N–H and O–H groups in total. The fourth-order valence-corrected chi connectivity index (χ4v) is 1.58. The SMILES string of the molecule is c1cc(-c2ccn[nH]2)cc(-n2cnnc2)c1. The maximum atomic E-state index is 3.93. The molecule has 0 fully saturated rings. The number of aromatic nitrogens is 5. The Bertz CT molecular complexity index is 519. The molecule has 0 spiro atoms. The zero-order valence-electron chi connectivity index (χ0n) is 8.41. The van der Waals surface area contributed by atoms with Crippen LogP contribution in [0.4, 0.5) is 0 Å². The molecule has 0 unspecified atom stereocenters. The highest BCUT2D eigenvalue weighted by Gasteiger charge is 2.01. The van der Waals surface area contributed by atoms with Gasteiger partial charge in [-0.3, -0.25) is 9.67 Å². The van der Waals surface area contributed by atoms with E-state index in [1.807, 2.05) is 28.8 Å². The lowest BCUT2D eigenvalue weighted by molar-refractivity contribution is 1.05. The summed E-state index contributed by atoms with van der Waals surface area (Å²) in [4.78, 5) is 0. The molecular weight excluding hydrogens is 202 g/mol. The van der Waals surface area contributed by atoms with Crippen LogP contribution in [-0.4, -0.2) is 25.0 Å². The lowest BCUT2D eigenvalue weighted by Gasteiger charge is -2.03. The Morgan fingerprint density at radius 3 is 2.69 bits per heavy atom. The van der Waals surface area contributed by atoms with Gasteiger partial charge in [-0.1, -0.05) is 12.1 Å². The Hall–Kier alpha value is -2.43. The average molecular weight is 211 g/mol. The van der Waals surface area contributed by atoms with E-state index in [0.717, 1.165) is 16.9 Å². The summed E-state index contributed by atoms with van der Waals surface area (Å²) in [5.74, 6) is 0.